The van der Waals surface area contributed by atoms with Crippen LogP contribution in [0.4, 0.5) is 10.5 Å². The summed E-state index contributed by atoms with van der Waals surface area (Å²) in [6.45, 7) is 7.54. The Bertz CT molecular complexity index is 1090. The van der Waals surface area contributed by atoms with E-state index in [1.807, 2.05) is 13.8 Å². The molecule has 0 aliphatic carbocycles. The number of amides is 2. The number of amidine groups is 1. The lowest BCUT2D eigenvalue weighted by molar-refractivity contribution is 0.248. The molecule has 0 saturated carbocycles. The van der Waals surface area contributed by atoms with Crippen LogP contribution in [-0.2, 0) is 0 Å². The van der Waals surface area contributed by atoms with Crippen molar-refractivity contribution in [3.05, 3.63) is 56.4 Å². The maximum Gasteiger partial charge on any atom is 0.347 e. The van der Waals surface area contributed by atoms with Crippen LogP contribution in [0.2, 0.25) is 10.0 Å². The van der Waals surface area contributed by atoms with Gasteiger partial charge in [-0.3, -0.25) is 4.79 Å². The number of carbonyl (C=O) groups excluding carboxylic acids is 1. The average Bonchev–Trinajstić information content (AvgIpc) is 2.65. The third-order valence-electron chi connectivity index (χ3n) is 4.20. The molecular formula is C19H20Cl2N6O3. The molecule has 0 bridgehead atoms. The molecule has 11 heteroatoms. The molecule has 1 aromatic carbocycles. The van der Waals surface area contributed by atoms with Gasteiger partial charge in [-0.2, -0.15) is 5.01 Å². The Morgan fingerprint density at radius 2 is 1.80 bits per heavy atom. The van der Waals surface area contributed by atoms with Crippen molar-refractivity contribution < 1.29 is 9.53 Å². The van der Waals surface area contributed by atoms with Crippen LogP contribution in [0, 0.1) is 0 Å². The third kappa shape index (κ3) is 4.27. The monoisotopic (exact) mass is 450 g/mol. The summed E-state index contributed by atoms with van der Waals surface area (Å²) in [4.78, 5) is 25.9. The zero-order valence-corrected chi connectivity index (χ0v) is 18.3. The van der Waals surface area contributed by atoms with Crippen LogP contribution in [0.25, 0.3) is 0 Å². The summed E-state index contributed by atoms with van der Waals surface area (Å²) in [5, 5.41) is 14.6. The maximum absolute atomic E-state index is 12.4. The van der Waals surface area contributed by atoms with E-state index in [4.69, 9.17) is 27.9 Å². The number of urea groups is 1. The number of anilines is 1. The van der Waals surface area contributed by atoms with Crippen molar-refractivity contribution >= 4 is 40.8 Å². The number of benzene rings is 1. The average molecular weight is 451 g/mol. The fourth-order valence-electron chi connectivity index (χ4n) is 2.73. The van der Waals surface area contributed by atoms with Crippen LogP contribution < -0.4 is 20.6 Å². The van der Waals surface area contributed by atoms with Crippen LogP contribution >= 0.6 is 23.2 Å². The van der Waals surface area contributed by atoms with Crippen LogP contribution in [0.1, 0.15) is 25.3 Å². The molecule has 2 N–H and O–H groups in total. The lowest BCUT2D eigenvalue weighted by atomic mass is 10.1. The summed E-state index contributed by atoms with van der Waals surface area (Å²) >= 11 is 12.7. The molecule has 1 aliphatic heterocycles. The van der Waals surface area contributed by atoms with Crippen LogP contribution in [0.5, 0.6) is 11.6 Å². The van der Waals surface area contributed by atoms with E-state index in [1.165, 1.54) is 18.2 Å². The number of carbonyl (C=O) groups is 1. The Labute approximate surface area is 182 Å². The minimum Gasteiger partial charge on any atom is -0.434 e. The SMILES string of the molecule is C=C1NC(=O)N(c2cc(Cl)c(Oc3cc(C(C)C)c(=O)[nH]n3)c(Cl)c2)N=C1N(C)C. The minimum atomic E-state index is -0.504. The number of hydrazone groups is 1. The molecule has 30 heavy (non-hydrogen) atoms. The second-order valence-electron chi connectivity index (χ2n) is 7.02. The van der Waals surface area contributed by atoms with Crippen molar-refractivity contribution in [1.29, 1.82) is 0 Å². The largest absolute Gasteiger partial charge is 0.434 e. The van der Waals surface area contributed by atoms with E-state index in [9.17, 15) is 9.59 Å². The molecule has 3 rings (SSSR count). The highest BCUT2D eigenvalue weighted by Crippen LogP contribution is 2.40. The van der Waals surface area contributed by atoms with Gasteiger partial charge in [-0.15, -0.1) is 10.2 Å². The highest BCUT2D eigenvalue weighted by atomic mass is 35.5. The zero-order chi connectivity index (χ0) is 22.2. The summed E-state index contributed by atoms with van der Waals surface area (Å²) in [5.74, 6) is 0.717. The smallest absolute Gasteiger partial charge is 0.347 e. The second-order valence-corrected chi connectivity index (χ2v) is 7.84. The minimum absolute atomic E-state index is 0.0245. The quantitative estimate of drug-likeness (QED) is 0.734. The standard InChI is InChI=1S/C19H20Cl2N6O3/c1-9(2)12-8-15(23-24-18(12)28)30-16-13(20)6-11(7-14(16)21)27-19(29)22-10(3)17(25-27)26(4)5/h6-9H,3H2,1-2,4-5H3,(H,22,29)(H,24,28). The molecule has 1 aromatic heterocycles. The first kappa shape index (κ1) is 21.7. The van der Waals surface area contributed by atoms with Gasteiger partial charge in [-0.05, 0) is 18.1 Å². The molecule has 0 radical (unpaired) electrons. The molecule has 1 aliphatic rings. The number of likely N-dealkylation sites (N-methyl/N-ethyl adjacent to an activating group) is 1. The fourth-order valence-corrected chi connectivity index (χ4v) is 3.28. The second kappa shape index (κ2) is 8.37. The lowest BCUT2D eigenvalue weighted by Gasteiger charge is -2.29. The summed E-state index contributed by atoms with van der Waals surface area (Å²) in [5.41, 5.74) is 0.930. The number of ether oxygens (including phenoxy) is 1. The van der Waals surface area contributed by atoms with E-state index in [2.05, 4.69) is 27.2 Å². The molecule has 158 valence electrons. The van der Waals surface area contributed by atoms with Crippen molar-refractivity contribution in [3.63, 3.8) is 0 Å². The molecule has 0 spiro atoms. The number of nitrogens with zero attached hydrogens (tertiary/aromatic N) is 4. The van der Waals surface area contributed by atoms with Gasteiger partial charge < -0.3 is 15.0 Å². The Morgan fingerprint density at radius 3 is 2.37 bits per heavy atom. The van der Waals surface area contributed by atoms with E-state index >= 15 is 0 Å². The van der Waals surface area contributed by atoms with Crippen molar-refractivity contribution in [2.75, 3.05) is 19.1 Å². The Hall–Kier alpha value is -3.04. The first-order valence-corrected chi connectivity index (χ1v) is 9.67. The number of hydrogen-bond acceptors (Lipinski definition) is 6. The number of aromatic amines is 1. The first-order chi connectivity index (χ1) is 14.1. The topological polar surface area (TPSA) is 103 Å². The summed E-state index contributed by atoms with van der Waals surface area (Å²) < 4.78 is 5.71. The van der Waals surface area contributed by atoms with Gasteiger partial charge in [0.2, 0.25) is 5.88 Å². The van der Waals surface area contributed by atoms with E-state index in [0.29, 0.717) is 22.8 Å². The molecule has 0 unspecified atom stereocenters. The van der Waals surface area contributed by atoms with E-state index in [0.717, 1.165) is 5.01 Å². The predicted octanol–water partition coefficient (Wildman–Crippen LogP) is 3.91. The number of H-pyrrole nitrogens is 1. The van der Waals surface area contributed by atoms with E-state index < -0.39 is 6.03 Å². The summed E-state index contributed by atoms with van der Waals surface area (Å²) in [6.07, 6.45) is 0. The Morgan fingerprint density at radius 1 is 1.17 bits per heavy atom. The van der Waals surface area contributed by atoms with Gasteiger partial charge in [0.25, 0.3) is 5.56 Å². The first-order valence-electron chi connectivity index (χ1n) is 8.91. The third-order valence-corrected chi connectivity index (χ3v) is 4.76. The van der Waals surface area contributed by atoms with Gasteiger partial charge in [0.1, 0.15) is 0 Å². The van der Waals surface area contributed by atoms with E-state index in [1.54, 1.807) is 19.0 Å². The molecule has 2 heterocycles. The van der Waals surface area contributed by atoms with Crippen molar-refractivity contribution in [2.45, 2.75) is 19.8 Å². The number of rotatable bonds is 4. The molecule has 0 atom stereocenters. The molecular weight excluding hydrogens is 431 g/mol. The summed E-state index contributed by atoms with van der Waals surface area (Å²) in [7, 11) is 3.55. The van der Waals surface area contributed by atoms with Gasteiger partial charge in [0, 0.05) is 25.7 Å². The normalized spacial score (nSPS) is 14.0. The molecule has 0 fully saturated rings. The zero-order valence-electron chi connectivity index (χ0n) is 16.8. The molecule has 0 saturated heterocycles. The Balaban J connectivity index is 1.97. The molecule has 9 nitrogen and oxygen atoms in total. The summed E-state index contributed by atoms with van der Waals surface area (Å²) in [6, 6.07) is 4.00. The van der Waals surface area contributed by atoms with E-state index in [-0.39, 0.29) is 33.2 Å². The molecule has 2 amide bonds. The fraction of sp³-hybridized carbons (Fsp3) is 0.263. The number of hydrogen-bond donors (Lipinski definition) is 2. The number of nitrogens with one attached hydrogen (secondary N) is 2. The van der Waals surface area contributed by atoms with Crippen molar-refractivity contribution in [3.8, 4) is 11.6 Å². The van der Waals surface area contributed by atoms with Gasteiger partial charge in [0.15, 0.2) is 11.6 Å². The van der Waals surface area contributed by atoms with Crippen molar-refractivity contribution in [1.82, 2.24) is 20.4 Å². The van der Waals surface area contributed by atoms with Gasteiger partial charge >= 0.3 is 6.03 Å². The van der Waals surface area contributed by atoms with Gasteiger partial charge in [-0.1, -0.05) is 43.6 Å². The van der Waals surface area contributed by atoms with Crippen LogP contribution in [-0.4, -0.2) is 41.1 Å². The molecule has 2 aromatic rings. The Kier molecular flexibility index (Phi) is 6.04. The highest BCUT2D eigenvalue weighted by Gasteiger charge is 2.27. The lowest BCUT2D eigenvalue weighted by Crippen LogP contribution is -2.46. The predicted molar refractivity (Wildman–Crippen MR) is 117 cm³/mol. The van der Waals surface area contributed by atoms with Crippen LogP contribution in [0.3, 0.4) is 0 Å². The maximum atomic E-state index is 12.4. The van der Waals surface area contributed by atoms with Crippen molar-refractivity contribution in [2.24, 2.45) is 5.10 Å². The van der Waals surface area contributed by atoms with Gasteiger partial charge in [-0.25, -0.2) is 9.89 Å². The number of aromatic nitrogens is 2. The van der Waals surface area contributed by atoms with Gasteiger partial charge in [0.05, 0.1) is 21.4 Å². The van der Waals surface area contributed by atoms with Crippen LogP contribution in [0.15, 0.2) is 40.4 Å². The number of halogens is 2. The highest BCUT2D eigenvalue weighted by molar-refractivity contribution is 6.37.